The van der Waals surface area contributed by atoms with E-state index in [0.717, 1.165) is 19.1 Å². The lowest BCUT2D eigenvalue weighted by atomic mass is 10.2. The summed E-state index contributed by atoms with van der Waals surface area (Å²) in [6.07, 6.45) is 6.39. The van der Waals surface area contributed by atoms with Gasteiger partial charge in [-0.25, -0.2) is 0 Å². The summed E-state index contributed by atoms with van der Waals surface area (Å²) in [7, 11) is 1.77. The maximum absolute atomic E-state index is 5.22. The lowest BCUT2D eigenvalue weighted by molar-refractivity contribution is 0.157. The van der Waals surface area contributed by atoms with Gasteiger partial charge in [-0.3, -0.25) is 4.98 Å². The molecular weight excluding hydrogens is 188 g/mol. The van der Waals surface area contributed by atoms with Gasteiger partial charge in [-0.2, -0.15) is 0 Å². The Morgan fingerprint density at radius 3 is 3.07 bits per heavy atom. The molecule has 3 heteroatoms. The van der Waals surface area contributed by atoms with Crippen LogP contribution in [0.1, 0.15) is 18.4 Å². The summed E-state index contributed by atoms with van der Waals surface area (Å²) in [5.74, 6) is 0.821. The first-order valence-electron chi connectivity index (χ1n) is 5.51. The molecule has 1 unspecified atom stereocenters. The summed E-state index contributed by atoms with van der Waals surface area (Å²) < 4.78 is 5.22. The van der Waals surface area contributed by atoms with E-state index in [-0.39, 0.29) is 0 Å². The minimum Gasteiger partial charge on any atom is -0.383 e. The van der Waals surface area contributed by atoms with Gasteiger partial charge in [-0.15, -0.1) is 0 Å². The maximum atomic E-state index is 5.22. The number of hydrogen-bond acceptors (Lipinski definition) is 3. The van der Waals surface area contributed by atoms with Crippen molar-refractivity contribution in [2.45, 2.75) is 25.4 Å². The first-order valence-corrected chi connectivity index (χ1v) is 5.51. The Kier molecular flexibility index (Phi) is 3.69. The Labute approximate surface area is 90.9 Å². The van der Waals surface area contributed by atoms with E-state index >= 15 is 0 Å². The van der Waals surface area contributed by atoms with Crippen molar-refractivity contribution in [2.75, 3.05) is 13.7 Å². The summed E-state index contributed by atoms with van der Waals surface area (Å²) in [5, 5.41) is 3.53. The Morgan fingerprint density at radius 2 is 2.47 bits per heavy atom. The summed E-state index contributed by atoms with van der Waals surface area (Å²) in [5.41, 5.74) is 1.24. The van der Waals surface area contributed by atoms with Crippen LogP contribution in [0, 0.1) is 5.92 Å². The molecule has 15 heavy (non-hydrogen) atoms. The molecule has 0 aliphatic heterocycles. The largest absolute Gasteiger partial charge is 0.383 e. The number of nitrogens with zero attached hydrogens (tertiary/aromatic N) is 1. The summed E-state index contributed by atoms with van der Waals surface area (Å²) >= 11 is 0. The van der Waals surface area contributed by atoms with Crippen molar-refractivity contribution in [3.63, 3.8) is 0 Å². The maximum Gasteiger partial charge on any atom is 0.0618 e. The van der Waals surface area contributed by atoms with Gasteiger partial charge in [0.2, 0.25) is 0 Å². The number of ether oxygens (including phenoxy) is 1. The fourth-order valence-corrected chi connectivity index (χ4v) is 1.79. The predicted octanol–water partition coefficient (Wildman–Crippen LogP) is 1.60. The molecule has 3 nitrogen and oxygen atoms in total. The summed E-state index contributed by atoms with van der Waals surface area (Å²) in [4.78, 5) is 4.10. The molecule has 82 valence electrons. The van der Waals surface area contributed by atoms with E-state index in [9.17, 15) is 0 Å². The van der Waals surface area contributed by atoms with Gasteiger partial charge < -0.3 is 10.1 Å². The predicted molar refractivity (Wildman–Crippen MR) is 59.5 cm³/mol. The molecule has 0 bridgehead atoms. The molecule has 1 aliphatic rings. The molecule has 0 spiro atoms. The van der Waals surface area contributed by atoms with Gasteiger partial charge in [0.05, 0.1) is 6.61 Å². The van der Waals surface area contributed by atoms with Crippen molar-refractivity contribution in [1.82, 2.24) is 10.3 Å². The lowest BCUT2D eigenvalue weighted by Crippen LogP contribution is -2.34. The van der Waals surface area contributed by atoms with E-state index in [1.807, 2.05) is 12.3 Å². The number of nitrogens with one attached hydrogen (secondary N) is 1. The molecule has 0 saturated heterocycles. The molecule has 1 atom stereocenters. The molecule has 1 saturated carbocycles. The van der Waals surface area contributed by atoms with Crippen molar-refractivity contribution >= 4 is 0 Å². The third kappa shape index (κ3) is 3.29. The molecule has 0 radical (unpaired) electrons. The van der Waals surface area contributed by atoms with Crippen LogP contribution < -0.4 is 5.32 Å². The Morgan fingerprint density at radius 1 is 1.60 bits per heavy atom. The smallest absolute Gasteiger partial charge is 0.0618 e. The second kappa shape index (κ2) is 5.24. The van der Waals surface area contributed by atoms with Crippen molar-refractivity contribution in [3.05, 3.63) is 30.1 Å². The SMILES string of the molecule is COCC(NCc1cccnc1)C1CC1. The van der Waals surface area contributed by atoms with Crippen molar-refractivity contribution in [3.8, 4) is 0 Å². The third-order valence-corrected chi connectivity index (χ3v) is 2.83. The molecule has 1 aromatic rings. The zero-order valence-corrected chi connectivity index (χ0v) is 9.15. The van der Waals surface area contributed by atoms with Gasteiger partial charge in [0.1, 0.15) is 0 Å². The summed E-state index contributed by atoms with van der Waals surface area (Å²) in [6.45, 7) is 1.70. The van der Waals surface area contributed by atoms with Crippen LogP contribution in [0.3, 0.4) is 0 Å². The van der Waals surface area contributed by atoms with E-state index in [1.165, 1.54) is 18.4 Å². The van der Waals surface area contributed by atoms with Crippen LogP contribution in [0.4, 0.5) is 0 Å². The van der Waals surface area contributed by atoms with Crippen LogP contribution in [0.25, 0.3) is 0 Å². The van der Waals surface area contributed by atoms with E-state index in [4.69, 9.17) is 4.74 Å². The summed E-state index contributed by atoms with van der Waals surface area (Å²) in [6, 6.07) is 4.58. The standard InChI is InChI=1S/C12H18N2O/c1-15-9-12(11-4-5-11)14-8-10-3-2-6-13-7-10/h2-3,6-7,11-12,14H,4-5,8-9H2,1H3. The number of pyridine rings is 1. The van der Waals surface area contributed by atoms with E-state index in [2.05, 4.69) is 16.4 Å². The van der Waals surface area contributed by atoms with E-state index < -0.39 is 0 Å². The number of methoxy groups -OCH3 is 1. The molecular formula is C12H18N2O. The van der Waals surface area contributed by atoms with Gasteiger partial charge in [0.15, 0.2) is 0 Å². The van der Waals surface area contributed by atoms with Gasteiger partial charge in [-0.1, -0.05) is 6.07 Å². The van der Waals surface area contributed by atoms with Crippen LogP contribution in [0.2, 0.25) is 0 Å². The molecule has 2 rings (SSSR count). The molecule has 0 aromatic carbocycles. The Hall–Kier alpha value is -0.930. The minimum atomic E-state index is 0.509. The highest BCUT2D eigenvalue weighted by molar-refractivity contribution is 5.08. The number of aromatic nitrogens is 1. The van der Waals surface area contributed by atoms with E-state index in [1.54, 1.807) is 13.3 Å². The molecule has 1 fully saturated rings. The zero-order valence-electron chi connectivity index (χ0n) is 9.15. The second-order valence-electron chi connectivity index (χ2n) is 4.14. The average molecular weight is 206 g/mol. The van der Waals surface area contributed by atoms with Gasteiger partial charge in [0.25, 0.3) is 0 Å². The third-order valence-electron chi connectivity index (χ3n) is 2.83. The quantitative estimate of drug-likeness (QED) is 0.767. The average Bonchev–Trinajstić information content (AvgIpc) is 3.09. The zero-order chi connectivity index (χ0) is 10.5. The highest BCUT2D eigenvalue weighted by Crippen LogP contribution is 2.32. The van der Waals surface area contributed by atoms with Crippen LogP contribution in [-0.2, 0) is 11.3 Å². The van der Waals surface area contributed by atoms with E-state index in [0.29, 0.717) is 6.04 Å². The first kappa shape index (κ1) is 10.6. The fourth-order valence-electron chi connectivity index (χ4n) is 1.79. The molecule has 1 aliphatic carbocycles. The van der Waals surface area contributed by atoms with Crippen LogP contribution in [0.5, 0.6) is 0 Å². The van der Waals surface area contributed by atoms with Crippen LogP contribution >= 0.6 is 0 Å². The van der Waals surface area contributed by atoms with Crippen molar-refractivity contribution in [1.29, 1.82) is 0 Å². The normalized spacial score (nSPS) is 17.7. The highest BCUT2D eigenvalue weighted by Gasteiger charge is 2.30. The second-order valence-corrected chi connectivity index (χ2v) is 4.14. The first-order chi connectivity index (χ1) is 7.40. The molecule has 0 amide bonds. The van der Waals surface area contributed by atoms with Crippen molar-refractivity contribution < 1.29 is 4.74 Å². The Bertz CT molecular complexity index is 285. The number of hydrogen-bond donors (Lipinski definition) is 1. The van der Waals surface area contributed by atoms with Crippen LogP contribution in [0.15, 0.2) is 24.5 Å². The fraction of sp³-hybridized carbons (Fsp3) is 0.583. The minimum absolute atomic E-state index is 0.509. The van der Waals surface area contributed by atoms with Gasteiger partial charge in [-0.05, 0) is 30.4 Å². The van der Waals surface area contributed by atoms with Crippen molar-refractivity contribution in [2.24, 2.45) is 5.92 Å². The molecule has 1 aromatic heterocycles. The highest BCUT2D eigenvalue weighted by atomic mass is 16.5. The topological polar surface area (TPSA) is 34.1 Å². The number of rotatable bonds is 6. The molecule has 1 heterocycles. The van der Waals surface area contributed by atoms with Gasteiger partial charge in [0, 0.05) is 32.1 Å². The monoisotopic (exact) mass is 206 g/mol. The van der Waals surface area contributed by atoms with Crippen LogP contribution in [-0.4, -0.2) is 24.7 Å². The van der Waals surface area contributed by atoms with Gasteiger partial charge >= 0.3 is 0 Å². The Balaban J connectivity index is 1.80. The molecule has 1 N–H and O–H groups in total. The lowest BCUT2D eigenvalue weighted by Gasteiger charge is -2.16.